The highest BCUT2D eigenvalue weighted by Gasteiger charge is 2.27. The lowest BCUT2D eigenvalue weighted by Gasteiger charge is -2.15. The van der Waals surface area contributed by atoms with E-state index < -0.39 is 6.04 Å². The monoisotopic (exact) mass is 226 g/mol. The van der Waals surface area contributed by atoms with Crippen LogP contribution in [0.4, 0.5) is 0 Å². The summed E-state index contributed by atoms with van der Waals surface area (Å²) in [6, 6.07) is 8.24. The zero-order valence-electron chi connectivity index (χ0n) is 8.96. The van der Waals surface area contributed by atoms with E-state index in [4.69, 9.17) is 5.73 Å². The van der Waals surface area contributed by atoms with Crippen LogP contribution >= 0.6 is 0 Å². The van der Waals surface area contributed by atoms with Gasteiger partial charge in [-0.1, -0.05) is 18.2 Å². The number of pyridine rings is 1. The summed E-state index contributed by atoms with van der Waals surface area (Å²) >= 11 is 0. The minimum atomic E-state index is -0.649. The highest BCUT2D eigenvalue weighted by molar-refractivity contribution is 6.07. The molecule has 0 saturated carbocycles. The van der Waals surface area contributed by atoms with E-state index >= 15 is 0 Å². The normalized spacial score (nSPS) is 18.4. The molecule has 3 rings (SSSR count). The molecule has 0 bridgehead atoms. The molecular weight excluding hydrogens is 216 g/mol. The Morgan fingerprint density at radius 2 is 2.06 bits per heavy atom. The number of nitrogens with zero attached hydrogens (tertiary/aromatic N) is 1. The maximum Gasteiger partial charge on any atom is 0.227 e. The Balaban J connectivity index is 2.41. The molecule has 0 spiro atoms. The molecule has 17 heavy (non-hydrogen) atoms. The van der Waals surface area contributed by atoms with E-state index in [1.165, 1.54) is 0 Å². The third-order valence-electron chi connectivity index (χ3n) is 2.98. The molecule has 0 fully saturated rings. The number of aromatic nitrogens is 1. The van der Waals surface area contributed by atoms with Crippen LogP contribution in [0.1, 0.15) is 16.1 Å². The molecule has 0 amide bonds. The molecule has 4 heteroatoms. The van der Waals surface area contributed by atoms with Crippen molar-refractivity contribution < 1.29 is 9.52 Å². The van der Waals surface area contributed by atoms with Crippen LogP contribution in [0.25, 0.3) is 17.0 Å². The van der Waals surface area contributed by atoms with Crippen LogP contribution in [-0.2, 0) is 0 Å². The van der Waals surface area contributed by atoms with Gasteiger partial charge in [0.1, 0.15) is 0 Å². The van der Waals surface area contributed by atoms with Crippen molar-refractivity contribution in [2.45, 2.75) is 6.04 Å². The van der Waals surface area contributed by atoms with Crippen molar-refractivity contribution in [2.24, 2.45) is 5.73 Å². The molecule has 0 radical (unpaired) electrons. The Morgan fingerprint density at radius 3 is 2.88 bits per heavy atom. The molecule has 1 aliphatic carbocycles. The molecule has 84 valence electrons. The fraction of sp³-hybridized carbons (Fsp3) is 0.0769. The van der Waals surface area contributed by atoms with Gasteiger partial charge in [0, 0.05) is 17.5 Å². The third-order valence-corrected chi connectivity index (χ3v) is 2.98. The standard InChI is InChI=1S/C13H10N2O2/c14-10-5-6-12-9(13(10)16)7-8-3-1-2-4-11(8)15(12)17/h1-7,10H,14H2. The number of Topliss-reactive ketones (excluding diaryl/α,β-unsaturated/α-hetero) is 1. The average molecular weight is 226 g/mol. The van der Waals surface area contributed by atoms with E-state index in [0.29, 0.717) is 16.8 Å². The molecule has 1 unspecified atom stereocenters. The van der Waals surface area contributed by atoms with Crippen LogP contribution < -0.4 is 10.5 Å². The van der Waals surface area contributed by atoms with Gasteiger partial charge >= 0.3 is 0 Å². The SMILES string of the molecule is NC1C=Cc2c(cc3ccccc3[n+]2[O-])C1=O. The van der Waals surface area contributed by atoms with E-state index in [-0.39, 0.29) is 5.78 Å². The van der Waals surface area contributed by atoms with Crippen LogP contribution in [-0.4, -0.2) is 11.8 Å². The van der Waals surface area contributed by atoms with Crippen molar-refractivity contribution in [3.63, 3.8) is 0 Å². The second kappa shape index (κ2) is 3.40. The second-order valence-electron chi connectivity index (χ2n) is 4.05. The molecule has 0 saturated heterocycles. The first kappa shape index (κ1) is 9.99. The van der Waals surface area contributed by atoms with Crippen molar-refractivity contribution in [3.05, 3.63) is 52.9 Å². The fourth-order valence-electron chi connectivity index (χ4n) is 2.08. The van der Waals surface area contributed by atoms with Crippen LogP contribution in [0.5, 0.6) is 0 Å². The Morgan fingerprint density at radius 1 is 1.29 bits per heavy atom. The maximum atomic E-state index is 12.1. The van der Waals surface area contributed by atoms with Gasteiger partial charge in [0.2, 0.25) is 11.2 Å². The van der Waals surface area contributed by atoms with E-state index in [1.54, 1.807) is 36.4 Å². The van der Waals surface area contributed by atoms with Crippen LogP contribution in [0, 0.1) is 5.21 Å². The van der Waals surface area contributed by atoms with Crippen LogP contribution in [0.3, 0.4) is 0 Å². The van der Waals surface area contributed by atoms with E-state index in [9.17, 15) is 10.0 Å². The number of fused-ring (bicyclic) bond motifs is 2. The number of carbonyl (C=O) groups is 1. The van der Waals surface area contributed by atoms with Crippen molar-refractivity contribution in [2.75, 3.05) is 0 Å². The number of hydrogen-bond donors (Lipinski definition) is 1. The van der Waals surface area contributed by atoms with Gasteiger partial charge < -0.3 is 10.9 Å². The first-order chi connectivity index (χ1) is 8.18. The number of rotatable bonds is 0. The van der Waals surface area contributed by atoms with E-state index in [2.05, 4.69) is 0 Å². The number of hydrogen-bond acceptors (Lipinski definition) is 3. The van der Waals surface area contributed by atoms with Crippen molar-refractivity contribution in [3.8, 4) is 0 Å². The van der Waals surface area contributed by atoms with Gasteiger partial charge in [-0.15, -0.1) is 0 Å². The lowest BCUT2D eigenvalue weighted by atomic mass is 9.95. The quantitative estimate of drug-likeness (QED) is 0.538. The Bertz CT molecular complexity index is 662. The lowest BCUT2D eigenvalue weighted by Crippen LogP contribution is -2.39. The first-order valence-corrected chi connectivity index (χ1v) is 5.32. The largest absolute Gasteiger partial charge is 0.618 e. The first-order valence-electron chi connectivity index (χ1n) is 5.32. The summed E-state index contributed by atoms with van der Waals surface area (Å²) in [6.45, 7) is 0. The zero-order valence-corrected chi connectivity index (χ0v) is 8.96. The number of nitrogens with two attached hydrogens (primary N) is 1. The van der Waals surface area contributed by atoms with Gasteiger partial charge in [0.25, 0.3) is 0 Å². The summed E-state index contributed by atoms with van der Waals surface area (Å²) < 4.78 is 0.783. The van der Waals surface area contributed by atoms with Crippen molar-refractivity contribution in [1.29, 1.82) is 0 Å². The third kappa shape index (κ3) is 1.34. The molecule has 2 N–H and O–H groups in total. The molecule has 1 aromatic carbocycles. The summed E-state index contributed by atoms with van der Waals surface area (Å²) in [4.78, 5) is 11.9. The number of benzene rings is 1. The van der Waals surface area contributed by atoms with Gasteiger partial charge in [-0.3, -0.25) is 4.79 Å². The molecule has 1 atom stereocenters. The lowest BCUT2D eigenvalue weighted by molar-refractivity contribution is -0.579. The average Bonchev–Trinajstić information content (AvgIpc) is 2.35. The highest BCUT2D eigenvalue weighted by Crippen LogP contribution is 2.20. The Hall–Kier alpha value is -2.20. The summed E-state index contributed by atoms with van der Waals surface area (Å²) in [5.41, 5.74) is 6.96. The number of ketones is 1. The van der Waals surface area contributed by atoms with Gasteiger partial charge in [-0.2, -0.15) is 4.73 Å². The molecule has 1 heterocycles. The molecular formula is C13H10N2O2. The smallest absolute Gasteiger partial charge is 0.227 e. The second-order valence-corrected chi connectivity index (χ2v) is 4.05. The number of para-hydroxylation sites is 1. The minimum Gasteiger partial charge on any atom is -0.618 e. The van der Waals surface area contributed by atoms with E-state index in [0.717, 1.165) is 10.1 Å². The minimum absolute atomic E-state index is 0.210. The number of carbonyl (C=O) groups excluding carboxylic acids is 1. The van der Waals surface area contributed by atoms with Gasteiger partial charge in [0.15, 0.2) is 5.78 Å². The zero-order chi connectivity index (χ0) is 12.0. The van der Waals surface area contributed by atoms with Crippen molar-refractivity contribution >= 4 is 22.8 Å². The van der Waals surface area contributed by atoms with Gasteiger partial charge in [-0.05, 0) is 12.1 Å². The topological polar surface area (TPSA) is 70.0 Å². The fourth-order valence-corrected chi connectivity index (χ4v) is 2.08. The molecule has 4 nitrogen and oxygen atoms in total. The predicted octanol–water partition coefficient (Wildman–Crippen LogP) is 1.01. The van der Waals surface area contributed by atoms with Gasteiger partial charge in [-0.25, -0.2) is 0 Å². The molecule has 0 aliphatic heterocycles. The summed E-state index contributed by atoms with van der Waals surface area (Å²) in [7, 11) is 0. The Kier molecular flexibility index (Phi) is 2.00. The van der Waals surface area contributed by atoms with Crippen LogP contribution in [0.15, 0.2) is 36.4 Å². The highest BCUT2D eigenvalue weighted by atomic mass is 16.5. The summed E-state index contributed by atoms with van der Waals surface area (Å²) in [6.07, 6.45) is 3.16. The molecule has 1 aromatic heterocycles. The summed E-state index contributed by atoms with van der Waals surface area (Å²) in [5, 5.41) is 12.8. The van der Waals surface area contributed by atoms with Crippen molar-refractivity contribution in [1.82, 2.24) is 0 Å². The summed E-state index contributed by atoms with van der Waals surface area (Å²) in [5.74, 6) is -0.210. The van der Waals surface area contributed by atoms with Crippen LogP contribution in [0.2, 0.25) is 0 Å². The maximum absolute atomic E-state index is 12.1. The Labute approximate surface area is 97.6 Å². The van der Waals surface area contributed by atoms with Gasteiger partial charge in [0.05, 0.1) is 11.6 Å². The predicted molar refractivity (Wildman–Crippen MR) is 64.2 cm³/mol. The molecule has 1 aliphatic rings. The van der Waals surface area contributed by atoms with E-state index in [1.807, 2.05) is 6.07 Å². The molecule has 2 aromatic rings.